The lowest BCUT2D eigenvalue weighted by Crippen LogP contribution is -2.29. The first-order valence-electron chi connectivity index (χ1n) is 11.3. The minimum Gasteiger partial charge on any atom is -0.436 e. The second-order valence-corrected chi connectivity index (χ2v) is 8.08. The number of carbonyl (C=O) groups is 1. The quantitative estimate of drug-likeness (QED) is 0.441. The number of fused-ring (bicyclic) bond motifs is 1. The highest BCUT2D eigenvalue weighted by Crippen LogP contribution is 2.28. The lowest BCUT2D eigenvalue weighted by atomic mass is 10.1. The van der Waals surface area contributed by atoms with E-state index in [0.29, 0.717) is 42.3 Å². The van der Waals surface area contributed by atoms with E-state index in [2.05, 4.69) is 15.4 Å². The molecule has 0 fully saturated rings. The monoisotopic (exact) mass is 443 g/mol. The molecule has 0 unspecified atom stereocenters. The van der Waals surface area contributed by atoms with Crippen LogP contribution in [0, 0.1) is 0 Å². The molecule has 1 amide bonds. The highest BCUT2D eigenvalue weighted by Gasteiger charge is 2.18. The molecule has 2 aromatic heterocycles. The molecule has 8 heteroatoms. The van der Waals surface area contributed by atoms with Crippen LogP contribution in [0.2, 0.25) is 0 Å². The maximum absolute atomic E-state index is 12.9. The molecule has 2 aromatic carbocycles. The molecule has 0 radical (unpaired) electrons. The van der Waals surface area contributed by atoms with Crippen LogP contribution in [0.4, 0.5) is 0 Å². The van der Waals surface area contributed by atoms with E-state index in [-0.39, 0.29) is 11.6 Å². The van der Waals surface area contributed by atoms with Gasteiger partial charge in [0.25, 0.3) is 5.91 Å². The van der Waals surface area contributed by atoms with Gasteiger partial charge in [0.2, 0.25) is 5.89 Å². The molecule has 1 aliphatic rings. The standard InChI is InChI=1S/C25H25N5O3/c31-23(26-14-8-16-30-25(32)29-15-7-6-13-22(29)28-30)19-11-4-5-12-20(19)24-27-17-21(33-24)18-9-2-1-3-10-18/h1-5,9-12,17H,6-8,13-16H2,(H,26,31). The Morgan fingerprint density at radius 2 is 1.88 bits per heavy atom. The van der Waals surface area contributed by atoms with Crippen molar-refractivity contribution in [3.05, 3.63) is 82.7 Å². The van der Waals surface area contributed by atoms with Gasteiger partial charge in [0.15, 0.2) is 5.76 Å². The smallest absolute Gasteiger partial charge is 0.345 e. The Hall–Kier alpha value is -3.94. The molecule has 8 nitrogen and oxygen atoms in total. The summed E-state index contributed by atoms with van der Waals surface area (Å²) in [4.78, 5) is 29.7. The molecule has 0 saturated carbocycles. The fourth-order valence-electron chi connectivity index (χ4n) is 4.12. The summed E-state index contributed by atoms with van der Waals surface area (Å²) >= 11 is 0. The van der Waals surface area contributed by atoms with E-state index in [4.69, 9.17) is 4.42 Å². The number of carbonyl (C=O) groups excluding carboxylic acids is 1. The fourth-order valence-corrected chi connectivity index (χ4v) is 4.12. The molecule has 33 heavy (non-hydrogen) atoms. The number of hydrogen-bond acceptors (Lipinski definition) is 5. The molecule has 1 aliphatic heterocycles. The van der Waals surface area contributed by atoms with E-state index in [0.717, 1.165) is 37.2 Å². The molecule has 1 N–H and O–H groups in total. The number of aryl methyl sites for hydroxylation is 2. The van der Waals surface area contributed by atoms with Gasteiger partial charge < -0.3 is 9.73 Å². The van der Waals surface area contributed by atoms with Gasteiger partial charge in [-0.25, -0.2) is 14.5 Å². The Kier molecular flexibility index (Phi) is 5.89. The second-order valence-electron chi connectivity index (χ2n) is 8.08. The first-order valence-corrected chi connectivity index (χ1v) is 11.3. The van der Waals surface area contributed by atoms with Crippen molar-refractivity contribution in [1.29, 1.82) is 0 Å². The van der Waals surface area contributed by atoms with Crippen molar-refractivity contribution >= 4 is 5.91 Å². The predicted octanol–water partition coefficient (Wildman–Crippen LogP) is 3.52. The Morgan fingerprint density at radius 1 is 1.06 bits per heavy atom. The summed E-state index contributed by atoms with van der Waals surface area (Å²) in [5, 5.41) is 7.38. The summed E-state index contributed by atoms with van der Waals surface area (Å²) in [5.41, 5.74) is 2.00. The maximum atomic E-state index is 12.9. The lowest BCUT2D eigenvalue weighted by Gasteiger charge is -2.09. The Bertz CT molecular complexity index is 1320. The largest absolute Gasteiger partial charge is 0.436 e. The number of rotatable bonds is 7. The van der Waals surface area contributed by atoms with Crippen molar-refractivity contribution in [1.82, 2.24) is 24.6 Å². The predicted molar refractivity (Wildman–Crippen MR) is 124 cm³/mol. The third kappa shape index (κ3) is 4.37. The SMILES string of the molecule is O=C(NCCCn1nc2n(c1=O)CCCC2)c1ccccc1-c1ncc(-c2ccccc2)o1. The molecular weight excluding hydrogens is 418 g/mol. The molecule has 0 aliphatic carbocycles. The van der Waals surface area contributed by atoms with Crippen LogP contribution < -0.4 is 11.0 Å². The van der Waals surface area contributed by atoms with Gasteiger partial charge in [0.05, 0.1) is 11.8 Å². The molecular formula is C25H25N5O3. The first kappa shape index (κ1) is 20.9. The molecule has 4 aromatic rings. The van der Waals surface area contributed by atoms with Crippen LogP contribution in [-0.4, -0.2) is 31.8 Å². The van der Waals surface area contributed by atoms with E-state index < -0.39 is 0 Å². The molecule has 5 rings (SSSR count). The van der Waals surface area contributed by atoms with Gasteiger partial charge in [0.1, 0.15) is 5.82 Å². The zero-order chi connectivity index (χ0) is 22.6. The van der Waals surface area contributed by atoms with Crippen molar-refractivity contribution < 1.29 is 9.21 Å². The van der Waals surface area contributed by atoms with Crippen LogP contribution in [-0.2, 0) is 19.5 Å². The van der Waals surface area contributed by atoms with Gasteiger partial charge in [-0.15, -0.1) is 0 Å². The highest BCUT2D eigenvalue weighted by atomic mass is 16.4. The third-order valence-corrected chi connectivity index (χ3v) is 5.83. The van der Waals surface area contributed by atoms with Gasteiger partial charge in [0, 0.05) is 37.2 Å². The van der Waals surface area contributed by atoms with Crippen LogP contribution in [0.5, 0.6) is 0 Å². The fraction of sp³-hybridized carbons (Fsp3) is 0.280. The zero-order valence-corrected chi connectivity index (χ0v) is 18.2. The summed E-state index contributed by atoms with van der Waals surface area (Å²) in [6.45, 7) is 1.65. The molecule has 0 saturated heterocycles. The molecule has 3 heterocycles. The highest BCUT2D eigenvalue weighted by molar-refractivity contribution is 6.00. The van der Waals surface area contributed by atoms with E-state index in [1.165, 1.54) is 4.68 Å². The topological polar surface area (TPSA) is 95.0 Å². The summed E-state index contributed by atoms with van der Waals surface area (Å²) < 4.78 is 9.22. The van der Waals surface area contributed by atoms with Gasteiger partial charge in [-0.3, -0.25) is 9.36 Å². The van der Waals surface area contributed by atoms with Crippen molar-refractivity contribution in [2.75, 3.05) is 6.54 Å². The summed E-state index contributed by atoms with van der Waals surface area (Å²) in [6, 6.07) is 17.0. The van der Waals surface area contributed by atoms with E-state index in [1.54, 1.807) is 16.8 Å². The average Bonchev–Trinajstić information content (AvgIpc) is 3.48. The van der Waals surface area contributed by atoms with Crippen LogP contribution >= 0.6 is 0 Å². The maximum Gasteiger partial charge on any atom is 0.345 e. The van der Waals surface area contributed by atoms with Crippen LogP contribution in [0.15, 0.2) is 70.0 Å². The number of hydrogen-bond donors (Lipinski definition) is 1. The van der Waals surface area contributed by atoms with Crippen molar-refractivity contribution in [3.8, 4) is 22.8 Å². The normalized spacial score (nSPS) is 13.0. The molecule has 0 bridgehead atoms. The Labute approximate surface area is 190 Å². The lowest BCUT2D eigenvalue weighted by molar-refractivity contribution is 0.0953. The van der Waals surface area contributed by atoms with Gasteiger partial charge in [-0.2, -0.15) is 5.10 Å². The van der Waals surface area contributed by atoms with Crippen LogP contribution in [0.25, 0.3) is 22.8 Å². The molecule has 0 atom stereocenters. The number of benzene rings is 2. The van der Waals surface area contributed by atoms with Crippen LogP contribution in [0.1, 0.15) is 35.4 Å². The summed E-state index contributed by atoms with van der Waals surface area (Å²) in [7, 11) is 0. The van der Waals surface area contributed by atoms with Gasteiger partial charge >= 0.3 is 5.69 Å². The number of aromatic nitrogens is 4. The number of oxazole rings is 1. The number of nitrogens with zero attached hydrogens (tertiary/aromatic N) is 4. The number of nitrogens with one attached hydrogen (secondary N) is 1. The van der Waals surface area contributed by atoms with Crippen LogP contribution in [0.3, 0.4) is 0 Å². The molecule has 168 valence electrons. The van der Waals surface area contributed by atoms with Crippen molar-refractivity contribution in [2.24, 2.45) is 0 Å². The number of amides is 1. The van der Waals surface area contributed by atoms with Gasteiger partial charge in [-0.1, -0.05) is 42.5 Å². The van der Waals surface area contributed by atoms with Crippen molar-refractivity contribution in [3.63, 3.8) is 0 Å². The summed E-state index contributed by atoms with van der Waals surface area (Å²) in [6.07, 6.45) is 5.22. The van der Waals surface area contributed by atoms with E-state index >= 15 is 0 Å². The van der Waals surface area contributed by atoms with Crippen molar-refractivity contribution in [2.45, 2.75) is 38.8 Å². The summed E-state index contributed by atoms with van der Waals surface area (Å²) in [5.74, 6) is 1.70. The van der Waals surface area contributed by atoms with Gasteiger partial charge in [-0.05, 0) is 31.4 Å². The average molecular weight is 444 g/mol. The second kappa shape index (κ2) is 9.28. The Morgan fingerprint density at radius 3 is 2.73 bits per heavy atom. The van der Waals surface area contributed by atoms with E-state index in [9.17, 15) is 9.59 Å². The Balaban J connectivity index is 1.24. The third-order valence-electron chi connectivity index (χ3n) is 5.83. The van der Waals surface area contributed by atoms with E-state index in [1.807, 2.05) is 48.5 Å². The molecule has 0 spiro atoms. The minimum atomic E-state index is -0.207. The first-order chi connectivity index (χ1) is 16.2. The minimum absolute atomic E-state index is 0.0560. The zero-order valence-electron chi connectivity index (χ0n) is 18.2.